The van der Waals surface area contributed by atoms with Crippen molar-refractivity contribution in [3.63, 3.8) is 0 Å². The SMILES string of the molecule is CC(C)(c1ccc(-c2ccc3oc(N)nc3c2)cc1)c1cc(Cl)c(OCCCl)c(C#N)c1. The molecule has 7 heteroatoms. The molecule has 4 rings (SSSR count). The Morgan fingerprint density at radius 2 is 1.78 bits per heavy atom. The van der Waals surface area contributed by atoms with Gasteiger partial charge >= 0.3 is 0 Å². The van der Waals surface area contributed by atoms with Gasteiger partial charge in [-0.25, -0.2) is 0 Å². The first-order valence-electron chi connectivity index (χ1n) is 10.0. The minimum Gasteiger partial charge on any atom is -0.489 e. The number of ether oxygens (including phenoxy) is 1. The van der Waals surface area contributed by atoms with E-state index in [9.17, 15) is 5.26 Å². The van der Waals surface area contributed by atoms with Crippen molar-refractivity contribution in [2.45, 2.75) is 19.3 Å². The van der Waals surface area contributed by atoms with Crippen molar-refractivity contribution in [2.75, 3.05) is 18.2 Å². The number of nitriles is 1. The van der Waals surface area contributed by atoms with Gasteiger partial charge in [-0.1, -0.05) is 55.8 Å². The van der Waals surface area contributed by atoms with Gasteiger partial charge in [0, 0.05) is 5.41 Å². The van der Waals surface area contributed by atoms with Crippen molar-refractivity contribution >= 4 is 40.3 Å². The highest BCUT2D eigenvalue weighted by atomic mass is 35.5. The van der Waals surface area contributed by atoms with Crippen LogP contribution in [0.5, 0.6) is 5.75 Å². The predicted molar refractivity (Wildman–Crippen MR) is 128 cm³/mol. The fourth-order valence-corrected chi connectivity index (χ4v) is 4.05. The van der Waals surface area contributed by atoms with Crippen LogP contribution in [0.1, 0.15) is 30.5 Å². The highest BCUT2D eigenvalue weighted by Crippen LogP contribution is 2.39. The molecule has 0 spiro atoms. The zero-order chi connectivity index (χ0) is 22.9. The molecule has 0 aliphatic carbocycles. The summed E-state index contributed by atoms with van der Waals surface area (Å²) >= 11 is 12.2. The largest absolute Gasteiger partial charge is 0.489 e. The maximum atomic E-state index is 9.60. The molecule has 0 aliphatic rings. The van der Waals surface area contributed by atoms with Crippen molar-refractivity contribution in [1.82, 2.24) is 4.98 Å². The molecule has 0 atom stereocenters. The van der Waals surface area contributed by atoms with Crippen LogP contribution in [0.4, 0.5) is 6.01 Å². The van der Waals surface area contributed by atoms with E-state index in [1.54, 1.807) is 0 Å². The van der Waals surface area contributed by atoms with Crippen LogP contribution in [-0.4, -0.2) is 17.5 Å². The number of nitrogens with zero attached hydrogens (tertiary/aromatic N) is 2. The Morgan fingerprint density at radius 1 is 1.06 bits per heavy atom. The van der Waals surface area contributed by atoms with Gasteiger partial charge in [0.15, 0.2) is 11.3 Å². The number of anilines is 1. The van der Waals surface area contributed by atoms with Gasteiger partial charge in [-0.15, -0.1) is 11.6 Å². The van der Waals surface area contributed by atoms with Gasteiger partial charge in [0.2, 0.25) is 0 Å². The average molecular weight is 466 g/mol. The second kappa shape index (κ2) is 8.74. The Bertz CT molecular complexity index is 1320. The van der Waals surface area contributed by atoms with E-state index in [0.29, 0.717) is 27.8 Å². The molecule has 2 N–H and O–H groups in total. The third-order valence-electron chi connectivity index (χ3n) is 5.55. The molecule has 0 saturated heterocycles. The van der Waals surface area contributed by atoms with E-state index < -0.39 is 0 Å². The molecule has 0 unspecified atom stereocenters. The lowest BCUT2D eigenvalue weighted by molar-refractivity contribution is 0.341. The fraction of sp³-hybridized carbons (Fsp3) is 0.200. The number of rotatable bonds is 6. The lowest BCUT2D eigenvalue weighted by atomic mass is 9.77. The number of benzene rings is 3. The molecule has 32 heavy (non-hydrogen) atoms. The molecule has 0 aliphatic heterocycles. The molecule has 162 valence electrons. The second-order valence-corrected chi connectivity index (χ2v) is 8.71. The number of nitrogen functional groups attached to an aromatic ring is 1. The quantitative estimate of drug-likeness (QED) is 0.326. The van der Waals surface area contributed by atoms with Crippen LogP contribution >= 0.6 is 23.2 Å². The summed E-state index contributed by atoms with van der Waals surface area (Å²) in [5.74, 6) is 0.686. The van der Waals surface area contributed by atoms with Crippen LogP contribution in [0.25, 0.3) is 22.2 Å². The molecular formula is C25H21Cl2N3O2. The lowest BCUT2D eigenvalue weighted by Gasteiger charge is -2.27. The molecule has 0 amide bonds. The molecule has 5 nitrogen and oxygen atoms in total. The molecule has 3 aromatic carbocycles. The summed E-state index contributed by atoms with van der Waals surface area (Å²) in [6.07, 6.45) is 0. The Kier molecular flexibility index (Phi) is 6.01. The highest BCUT2D eigenvalue weighted by Gasteiger charge is 2.26. The molecule has 4 aromatic rings. The van der Waals surface area contributed by atoms with Crippen molar-refractivity contribution in [1.29, 1.82) is 5.26 Å². The molecular weight excluding hydrogens is 445 g/mol. The van der Waals surface area contributed by atoms with E-state index in [1.165, 1.54) is 0 Å². The highest BCUT2D eigenvalue weighted by molar-refractivity contribution is 6.32. The fourth-order valence-electron chi connectivity index (χ4n) is 3.70. The Balaban J connectivity index is 1.66. The Hall–Kier alpha value is -3.20. The van der Waals surface area contributed by atoms with Crippen LogP contribution in [0.3, 0.4) is 0 Å². The molecule has 0 fully saturated rings. The van der Waals surface area contributed by atoms with Crippen molar-refractivity contribution in [3.05, 3.63) is 76.3 Å². The van der Waals surface area contributed by atoms with E-state index in [1.807, 2.05) is 30.3 Å². The van der Waals surface area contributed by atoms with Gasteiger partial charge in [0.25, 0.3) is 6.01 Å². The van der Waals surface area contributed by atoms with Gasteiger partial charge in [-0.05, 0) is 46.5 Å². The summed E-state index contributed by atoms with van der Waals surface area (Å²) in [5, 5.41) is 10.00. The van der Waals surface area contributed by atoms with Crippen molar-refractivity contribution < 1.29 is 9.15 Å². The first-order valence-corrected chi connectivity index (χ1v) is 10.9. The van der Waals surface area contributed by atoms with Crippen LogP contribution in [0.15, 0.2) is 59.0 Å². The Morgan fingerprint density at radius 3 is 2.47 bits per heavy atom. The topological polar surface area (TPSA) is 85.1 Å². The summed E-state index contributed by atoms with van der Waals surface area (Å²) in [4.78, 5) is 4.20. The molecule has 1 heterocycles. The molecule has 0 saturated carbocycles. The lowest BCUT2D eigenvalue weighted by Crippen LogP contribution is -2.19. The molecule has 0 radical (unpaired) electrons. The maximum absolute atomic E-state index is 9.60. The minimum absolute atomic E-state index is 0.156. The summed E-state index contributed by atoms with van der Waals surface area (Å²) in [6, 6.07) is 20.1. The summed E-state index contributed by atoms with van der Waals surface area (Å²) in [6.45, 7) is 4.48. The number of oxazole rings is 1. The number of aromatic nitrogens is 1. The minimum atomic E-state index is -0.386. The van der Waals surface area contributed by atoms with Crippen molar-refractivity contribution in [2.24, 2.45) is 0 Å². The number of fused-ring (bicyclic) bond motifs is 1. The van der Waals surface area contributed by atoms with E-state index >= 15 is 0 Å². The van der Waals surface area contributed by atoms with Gasteiger partial charge in [-0.3, -0.25) is 0 Å². The van der Waals surface area contributed by atoms with E-state index in [2.05, 4.69) is 49.2 Å². The van der Waals surface area contributed by atoms with Gasteiger partial charge in [-0.2, -0.15) is 10.2 Å². The zero-order valence-electron chi connectivity index (χ0n) is 17.7. The maximum Gasteiger partial charge on any atom is 0.292 e. The number of alkyl halides is 1. The predicted octanol–water partition coefficient (Wildman–Crippen LogP) is 6.55. The average Bonchev–Trinajstić information content (AvgIpc) is 3.17. The second-order valence-electron chi connectivity index (χ2n) is 7.92. The van der Waals surface area contributed by atoms with Crippen molar-refractivity contribution in [3.8, 4) is 22.9 Å². The number of nitrogens with two attached hydrogens (primary N) is 1. The van der Waals surface area contributed by atoms with Gasteiger partial charge < -0.3 is 14.9 Å². The molecule has 1 aromatic heterocycles. The summed E-state index contributed by atoms with van der Waals surface area (Å²) in [5.41, 5.74) is 11.1. The third-order valence-corrected chi connectivity index (χ3v) is 5.99. The molecule has 0 bridgehead atoms. The standard InChI is InChI=1S/C25H21Cl2N3O2/c1-25(2,19-11-17(14-28)23(20(27)13-19)31-10-9-26)18-6-3-15(4-7-18)16-5-8-22-21(12-16)30-24(29)32-22/h3-8,11-13H,9-10H2,1-2H3,(H2,29,30). The van der Waals surface area contributed by atoms with E-state index in [0.717, 1.165) is 27.8 Å². The first kappa shape index (κ1) is 22.0. The number of hydrogen-bond acceptors (Lipinski definition) is 5. The van der Waals surface area contributed by atoms with Crippen LogP contribution in [0, 0.1) is 11.3 Å². The van der Waals surface area contributed by atoms with Gasteiger partial charge in [0.1, 0.15) is 18.2 Å². The first-order chi connectivity index (χ1) is 15.3. The normalized spacial score (nSPS) is 11.5. The van der Waals surface area contributed by atoms with E-state index in [4.69, 9.17) is 38.1 Å². The number of halogens is 2. The number of hydrogen-bond donors (Lipinski definition) is 1. The smallest absolute Gasteiger partial charge is 0.292 e. The summed E-state index contributed by atoms with van der Waals surface area (Å²) < 4.78 is 10.9. The Labute approximate surface area is 196 Å². The third kappa shape index (κ3) is 4.12. The zero-order valence-corrected chi connectivity index (χ0v) is 19.2. The van der Waals surface area contributed by atoms with E-state index in [-0.39, 0.29) is 18.0 Å². The van der Waals surface area contributed by atoms with Crippen LogP contribution in [0.2, 0.25) is 5.02 Å². The summed E-state index contributed by atoms with van der Waals surface area (Å²) in [7, 11) is 0. The van der Waals surface area contributed by atoms with Crippen LogP contribution < -0.4 is 10.5 Å². The van der Waals surface area contributed by atoms with Gasteiger partial charge in [0.05, 0.1) is 16.5 Å². The monoisotopic (exact) mass is 465 g/mol. The van der Waals surface area contributed by atoms with Crippen LogP contribution in [-0.2, 0) is 5.41 Å².